The Morgan fingerprint density at radius 3 is 2.93 bits per heavy atom. The summed E-state index contributed by atoms with van der Waals surface area (Å²) in [7, 11) is 2.22. The van der Waals surface area contributed by atoms with E-state index in [4.69, 9.17) is 0 Å². The van der Waals surface area contributed by atoms with Gasteiger partial charge in [0.25, 0.3) is 0 Å². The van der Waals surface area contributed by atoms with Gasteiger partial charge in [-0.15, -0.1) is 6.58 Å². The van der Waals surface area contributed by atoms with E-state index in [9.17, 15) is 0 Å². The third-order valence-electron chi connectivity index (χ3n) is 3.25. The van der Waals surface area contributed by atoms with Gasteiger partial charge in [-0.2, -0.15) is 0 Å². The van der Waals surface area contributed by atoms with E-state index in [0.29, 0.717) is 12.1 Å². The predicted octanol–water partition coefficient (Wildman–Crippen LogP) is 2.02. The van der Waals surface area contributed by atoms with Crippen molar-refractivity contribution >= 4 is 0 Å². The molecule has 1 N–H and O–H groups in total. The molecule has 1 saturated heterocycles. The third-order valence-corrected chi connectivity index (χ3v) is 3.25. The van der Waals surface area contributed by atoms with Crippen LogP contribution in [0.4, 0.5) is 0 Å². The molecule has 1 aliphatic rings. The molecule has 3 unspecified atom stereocenters. The molecule has 0 aromatic rings. The SMILES string of the molecule is C=CCC(C)NC1CCN(C)C(C)C1. The second kappa shape index (κ2) is 5.52. The first-order valence-electron chi connectivity index (χ1n) is 5.70. The van der Waals surface area contributed by atoms with Gasteiger partial charge in [-0.25, -0.2) is 0 Å². The third kappa shape index (κ3) is 3.43. The number of nitrogens with one attached hydrogen (secondary N) is 1. The minimum Gasteiger partial charge on any atom is -0.311 e. The van der Waals surface area contributed by atoms with Crippen LogP contribution in [0.3, 0.4) is 0 Å². The fourth-order valence-electron chi connectivity index (χ4n) is 2.16. The zero-order valence-corrected chi connectivity index (χ0v) is 9.79. The minimum absolute atomic E-state index is 0.577. The van der Waals surface area contributed by atoms with Crippen LogP contribution in [0.25, 0.3) is 0 Å². The largest absolute Gasteiger partial charge is 0.311 e. The van der Waals surface area contributed by atoms with Crippen LogP contribution in [0.1, 0.15) is 33.1 Å². The summed E-state index contributed by atoms with van der Waals surface area (Å²) < 4.78 is 0. The monoisotopic (exact) mass is 196 g/mol. The molecule has 1 fully saturated rings. The normalized spacial score (nSPS) is 31.4. The van der Waals surface area contributed by atoms with Crippen LogP contribution in [0.5, 0.6) is 0 Å². The second-order valence-corrected chi connectivity index (χ2v) is 4.64. The van der Waals surface area contributed by atoms with E-state index in [-0.39, 0.29) is 0 Å². The lowest BCUT2D eigenvalue weighted by Gasteiger charge is -2.36. The molecule has 1 aliphatic heterocycles. The number of nitrogens with zero attached hydrogens (tertiary/aromatic N) is 1. The Balaban J connectivity index is 2.28. The Hall–Kier alpha value is -0.340. The van der Waals surface area contributed by atoms with E-state index in [0.717, 1.165) is 12.5 Å². The molecular formula is C12H24N2. The quantitative estimate of drug-likeness (QED) is 0.692. The van der Waals surface area contributed by atoms with Crippen LogP contribution in [0.15, 0.2) is 12.7 Å². The molecule has 0 spiro atoms. The highest BCUT2D eigenvalue weighted by atomic mass is 15.1. The summed E-state index contributed by atoms with van der Waals surface area (Å²) in [6.07, 6.45) is 5.62. The van der Waals surface area contributed by atoms with Crippen molar-refractivity contribution in [3.8, 4) is 0 Å². The molecular weight excluding hydrogens is 172 g/mol. The van der Waals surface area contributed by atoms with Gasteiger partial charge < -0.3 is 10.2 Å². The zero-order valence-electron chi connectivity index (χ0n) is 9.79. The van der Waals surface area contributed by atoms with Crippen LogP contribution in [-0.2, 0) is 0 Å². The first-order chi connectivity index (χ1) is 6.63. The molecule has 2 nitrogen and oxygen atoms in total. The van der Waals surface area contributed by atoms with E-state index < -0.39 is 0 Å². The summed E-state index contributed by atoms with van der Waals surface area (Å²) in [5.41, 5.74) is 0. The molecule has 3 atom stereocenters. The number of hydrogen-bond acceptors (Lipinski definition) is 2. The molecule has 2 heteroatoms. The van der Waals surface area contributed by atoms with E-state index in [1.165, 1.54) is 19.4 Å². The van der Waals surface area contributed by atoms with Crippen molar-refractivity contribution in [1.29, 1.82) is 0 Å². The van der Waals surface area contributed by atoms with Crippen LogP contribution < -0.4 is 5.32 Å². The maximum atomic E-state index is 3.77. The van der Waals surface area contributed by atoms with E-state index in [1.807, 2.05) is 6.08 Å². The standard InChI is InChI=1S/C12H24N2/c1-5-6-10(2)13-12-7-8-14(4)11(3)9-12/h5,10-13H,1,6-9H2,2-4H3. The number of hydrogen-bond donors (Lipinski definition) is 1. The van der Waals surface area contributed by atoms with Crippen molar-refractivity contribution in [1.82, 2.24) is 10.2 Å². The maximum Gasteiger partial charge on any atom is 0.00966 e. The molecule has 0 bridgehead atoms. The Morgan fingerprint density at radius 1 is 1.64 bits per heavy atom. The highest BCUT2D eigenvalue weighted by Gasteiger charge is 2.22. The molecule has 0 saturated carbocycles. The van der Waals surface area contributed by atoms with Crippen LogP contribution >= 0.6 is 0 Å². The Labute approximate surface area is 88.4 Å². The number of likely N-dealkylation sites (tertiary alicyclic amines) is 1. The minimum atomic E-state index is 0.577. The van der Waals surface area contributed by atoms with Crippen molar-refractivity contribution in [3.63, 3.8) is 0 Å². The van der Waals surface area contributed by atoms with Gasteiger partial charge in [-0.3, -0.25) is 0 Å². The lowest BCUT2D eigenvalue weighted by atomic mass is 9.98. The van der Waals surface area contributed by atoms with Crippen LogP contribution in [-0.4, -0.2) is 36.6 Å². The lowest BCUT2D eigenvalue weighted by molar-refractivity contribution is 0.163. The molecule has 82 valence electrons. The van der Waals surface area contributed by atoms with E-state index in [2.05, 4.69) is 37.7 Å². The fraction of sp³-hybridized carbons (Fsp3) is 0.833. The van der Waals surface area contributed by atoms with Crippen molar-refractivity contribution in [2.45, 2.75) is 51.2 Å². The fourth-order valence-corrected chi connectivity index (χ4v) is 2.16. The van der Waals surface area contributed by atoms with Gasteiger partial charge in [0.05, 0.1) is 0 Å². The Bertz CT molecular complexity index is 179. The maximum absolute atomic E-state index is 3.77. The average Bonchev–Trinajstić information content (AvgIpc) is 2.12. The molecule has 0 aromatic carbocycles. The molecule has 14 heavy (non-hydrogen) atoms. The summed E-state index contributed by atoms with van der Waals surface area (Å²) in [5.74, 6) is 0. The molecule has 0 radical (unpaired) electrons. The topological polar surface area (TPSA) is 15.3 Å². The summed E-state index contributed by atoms with van der Waals surface area (Å²) in [6, 6.07) is 2.00. The zero-order chi connectivity index (χ0) is 10.6. The first kappa shape index (κ1) is 11.7. The van der Waals surface area contributed by atoms with E-state index >= 15 is 0 Å². The van der Waals surface area contributed by atoms with E-state index in [1.54, 1.807) is 0 Å². The summed E-state index contributed by atoms with van der Waals surface area (Å²) in [5, 5.41) is 3.67. The summed E-state index contributed by atoms with van der Waals surface area (Å²) in [4.78, 5) is 2.44. The van der Waals surface area contributed by atoms with Gasteiger partial charge in [-0.1, -0.05) is 6.08 Å². The first-order valence-corrected chi connectivity index (χ1v) is 5.70. The van der Waals surface area contributed by atoms with Crippen molar-refractivity contribution < 1.29 is 0 Å². The Kier molecular flexibility index (Phi) is 4.63. The van der Waals surface area contributed by atoms with Crippen molar-refractivity contribution in [2.75, 3.05) is 13.6 Å². The number of rotatable bonds is 4. The smallest absolute Gasteiger partial charge is 0.00966 e. The van der Waals surface area contributed by atoms with Crippen molar-refractivity contribution in [2.24, 2.45) is 0 Å². The second-order valence-electron chi connectivity index (χ2n) is 4.64. The Morgan fingerprint density at radius 2 is 2.36 bits per heavy atom. The van der Waals surface area contributed by atoms with Gasteiger partial charge in [0.2, 0.25) is 0 Å². The molecule has 0 aliphatic carbocycles. The molecule has 0 amide bonds. The van der Waals surface area contributed by atoms with Gasteiger partial charge in [0.15, 0.2) is 0 Å². The lowest BCUT2D eigenvalue weighted by Crippen LogP contribution is -2.47. The predicted molar refractivity (Wildman–Crippen MR) is 62.5 cm³/mol. The van der Waals surface area contributed by atoms with Gasteiger partial charge >= 0.3 is 0 Å². The van der Waals surface area contributed by atoms with Gasteiger partial charge in [-0.05, 0) is 46.7 Å². The summed E-state index contributed by atoms with van der Waals surface area (Å²) >= 11 is 0. The van der Waals surface area contributed by atoms with Gasteiger partial charge in [0, 0.05) is 18.1 Å². The molecule has 1 rings (SSSR count). The molecule has 1 heterocycles. The highest BCUT2D eigenvalue weighted by molar-refractivity contribution is 4.84. The van der Waals surface area contributed by atoms with Gasteiger partial charge in [0.1, 0.15) is 0 Å². The van der Waals surface area contributed by atoms with Crippen molar-refractivity contribution in [3.05, 3.63) is 12.7 Å². The molecule has 0 aromatic heterocycles. The summed E-state index contributed by atoms with van der Waals surface area (Å²) in [6.45, 7) is 9.55. The van der Waals surface area contributed by atoms with Crippen LogP contribution in [0.2, 0.25) is 0 Å². The van der Waals surface area contributed by atoms with Crippen LogP contribution in [0, 0.1) is 0 Å². The number of piperidine rings is 1. The highest BCUT2D eigenvalue weighted by Crippen LogP contribution is 2.16. The average molecular weight is 196 g/mol.